The van der Waals surface area contributed by atoms with Gasteiger partial charge in [0.15, 0.2) is 0 Å². The Morgan fingerprint density at radius 3 is 2.12 bits per heavy atom. The molecule has 1 saturated heterocycles. The Balaban J connectivity index is 2.59. The number of aliphatic hydroxyl groups excluding tert-OH is 1. The minimum atomic E-state index is -0.132. The minimum Gasteiger partial charge on any atom is -0.507 e. The van der Waals surface area contributed by atoms with Gasteiger partial charge in [0.25, 0.3) is 0 Å². The molecule has 1 aliphatic rings. The molecule has 1 aromatic carbocycles. The predicted molar refractivity (Wildman–Crippen MR) is 104 cm³/mol. The highest BCUT2D eigenvalue weighted by Gasteiger charge is 2.30. The third kappa shape index (κ3) is 4.75. The summed E-state index contributed by atoms with van der Waals surface area (Å²) in [4.78, 5) is 2.39. The van der Waals surface area contributed by atoms with E-state index in [-0.39, 0.29) is 23.5 Å². The summed E-state index contributed by atoms with van der Waals surface area (Å²) in [7, 11) is 0. The van der Waals surface area contributed by atoms with Crippen LogP contribution < -0.4 is 5.32 Å². The normalized spacial score (nSPS) is 18.4. The number of benzene rings is 1. The first kappa shape index (κ1) is 20.2. The maximum absolute atomic E-state index is 11.1. The van der Waals surface area contributed by atoms with E-state index in [1.165, 1.54) is 5.56 Å². The van der Waals surface area contributed by atoms with Crippen LogP contribution in [0.4, 0.5) is 0 Å². The molecule has 0 spiro atoms. The highest BCUT2D eigenvalue weighted by atomic mass is 16.3. The van der Waals surface area contributed by atoms with Crippen molar-refractivity contribution in [1.29, 1.82) is 0 Å². The number of aliphatic hydroxyl groups is 1. The van der Waals surface area contributed by atoms with Crippen molar-refractivity contribution in [3.05, 3.63) is 28.8 Å². The second-order valence-electron chi connectivity index (χ2n) is 9.28. The molecule has 1 fully saturated rings. The van der Waals surface area contributed by atoms with Crippen molar-refractivity contribution in [2.45, 2.75) is 64.8 Å². The van der Waals surface area contributed by atoms with Crippen LogP contribution in [0, 0.1) is 0 Å². The number of phenolic OH excluding ortho intramolecular Hbond substituents is 1. The maximum Gasteiger partial charge on any atom is 0.124 e. The molecule has 2 rings (SSSR count). The second-order valence-corrected chi connectivity index (χ2v) is 9.28. The fourth-order valence-electron chi connectivity index (χ4n) is 3.57. The topological polar surface area (TPSA) is 55.7 Å². The molecule has 1 atom stereocenters. The Morgan fingerprint density at radius 2 is 1.64 bits per heavy atom. The summed E-state index contributed by atoms with van der Waals surface area (Å²) in [5.41, 5.74) is 3.08. The summed E-state index contributed by atoms with van der Waals surface area (Å²) in [6, 6.07) is 4.37. The quantitative estimate of drug-likeness (QED) is 0.781. The van der Waals surface area contributed by atoms with Gasteiger partial charge in [-0.15, -0.1) is 0 Å². The van der Waals surface area contributed by atoms with Gasteiger partial charge in [0.2, 0.25) is 0 Å². The molecule has 0 bridgehead atoms. The van der Waals surface area contributed by atoms with Crippen LogP contribution in [-0.4, -0.2) is 47.9 Å². The first-order chi connectivity index (χ1) is 11.6. The molecule has 0 aromatic heterocycles. The van der Waals surface area contributed by atoms with Crippen molar-refractivity contribution in [3.63, 3.8) is 0 Å². The van der Waals surface area contributed by atoms with Crippen LogP contribution in [0.5, 0.6) is 5.75 Å². The SMILES string of the molecule is CC(C)(C)c1cc([C@@H](CCO)N2CCNCC2)c(O)c(C(C)(C)C)c1. The third-order valence-electron chi connectivity index (χ3n) is 5.17. The molecular weight excluding hydrogens is 312 g/mol. The molecule has 0 amide bonds. The van der Waals surface area contributed by atoms with Gasteiger partial charge in [-0.05, 0) is 34.4 Å². The monoisotopic (exact) mass is 348 g/mol. The number of rotatable bonds is 4. The van der Waals surface area contributed by atoms with E-state index in [0.717, 1.165) is 37.3 Å². The summed E-state index contributed by atoms with van der Waals surface area (Å²) in [5, 5.41) is 24.2. The van der Waals surface area contributed by atoms with E-state index in [9.17, 15) is 10.2 Å². The first-order valence-electron chi connectivity index (χ1n) is 9.49. The van der Waals surface area contributed by atoms with Crippen LogP contribution in [0.15, 0.2) is 12.1 Å². The largest absolute Gasteiger partial charge is 0.507 e. The van der Waals surface area contributed by atoms with Gasteiger partial charge in [-0.3, -0.25) is 4.90 Å². The van der Waals surface area contributed by atoms with Crippen LogP contribution in [-0.2, 0) is 10.8 Å². The van der Waals surface area contributed by atoms with Gasteiger partial charge in [-0.25, -0.2) is 0 Å². The lowest BCUT2D eigenvalue weighted by Crippen LogP contribution is -2.45. The highest BCUT2D eigenvalue weighted by Crippen LogP contribution is 2.42. The molecular formula is C21H36N2O2. The van der Waals surface area contributed by atoms with Crippen LogP contribution in [0.25, 0.3) is 0 Å². The number of aromatic hydroxyl groups is 1. The van der Waals surface area contributed by atoms with Gasteiger partial charge in [0.1, 0.15) is 5.75 Å². The summed E-state index contributed by atoms with van der Waals surface area (Å²) in [6.45, 7) is 17.0. The van der Waals surface area contributed by atoms with Crippen LogP contribution in [0.1, 0.15) is 70.7 Å². The van der Waals surface area contributed by atoms with E-state index < -0.39 is 0 Å². The number of nitrogens with zero attached hydrogens (tertiary/aromatic N) is 1. The van der Waals surface area contributed by atoms with Gasteiger partial charge in [0.05, 0.1) is 0 Å². The molecule has 4 heteroatoms. The van der Waals surface area contributed by atoms with Crippen molar-refractivity contribution in [2.24, 2.45) is 0 Å². The molecule has 4 nitrogen and oxygen atoms in total. The predicted octanol–water partition coefficient (Wildman–Crippen LogP) is 3.32. The average molecular weight is 349 g/mol. The van der Waals surface area contributed by atoms with Crippen LogP contribution in [0.3, 0.4) is 0 Å². The van der Waals surface area contributed by atoms with Gasteiger partial charge >= 0.3 is 0 Å². The van der Waals surface area contributed by atoms with Gasteiger partial charge in [-0.1, -0.05) is 47.6 Å². The van der Waals surface area contributed by atoms with Crippen LogP contribution in [0.2, 0.25) is 0 Å². The van der Waals surface area contributed by atoms with Crippen molar-refractivity contribution in [2.75, 3.05) is 32.8 Å². The lowest BCUT2D eigenvalue weighted by molar-refractivity contribution is 0.139. The van der Waals surface area contributed by atoms with Gasteiger partial charge in [0, 0.05) is 44.4 Å². The molecule has 142 valence electrons. The Hall–Kier alpha value is -1.10. The smallest absolute Gasteiger partial charge is 0.124 e. The fraction of sp³-hybridized carbons (Fsp3) is 0.714. The number of piperazine rings is 1. The Morgan fingerprint density at radius 1 is 1.04 bits per heavy atom. The number of hydrogen-bond acceptors (Lipinski definition) is 4. The maximum atomic E-state index is 11.1. The summed E-state index contributed by atoms with van der Waals surface area (Å²) >= 11 is 0. The summed E-state index contributed by atoms with van der Waals surface area (Å²) in [6.07, 6.45) is 0.644. The molecule has 0 radical (unpaired) electrons. The summed E-state index contributed by atoms with van der Waals surface area (Å²) < 4.78 is 0. The highest BCUT2D eigenvalue weighted by molar-refractivity contribution is 5.50. The van der Waals surface area contributed by atoms with Crippen LogP contribution >= 0.6 is 0 Å². The van der Waals surface area contributed by atoms with E-state index in [4.69, 9.17) is 0 Å². The average Bonchev–Trinajstić information content (AvgIpc) is 2.52. The molecule has 1 aromatic rings. The molecule has 0 saturated carbocycles. The van der Waals surface area contributed by atoms with E-state index in [2.05, 4.69) is 63.9 Å². The molecule has 1 aliphatic heterocycles. The Kier molecular flexibility index (Phi) is 6.18. The fourth-order valence-corrected chi connectivity index (χ4v) is 3.57. The second kappa shape index (κ2) is 7.65. The third-order valence-corrected chi connectivity index (χ3v) is 5.17. The van der Waals surface area contributed by atoms with Gasteiger partial charge < -0.3 is 15.5 Å². The molecule has 25 heavy (non-hydrogen) atoms. The Labute approximate surface area is 153 Å². The van der Waals surface area contributed by atoms with Crippen molar-refractivity contribution < 1.29 is 10.2 Å². The summed E-state index contributed by atoms with van der Waals surface area (Å²) in [5.74, 6) is 0.400. The molecule has 0 aliphatic carbocycles. The minimum absolute atomic E-state index is 0.00959. The number of nitrogens with one attached hydrogen (secondary N) is 1. The zero-order valence-corrected chi connectivity index (χ0v) is 16.8. The van der Waals surface area contributed by atoms with Crippen molar-refractivity contribution in [1.82, 2.24) is 10.2 Å². The zero-order valence-electron chi connectivity index (χ0n) is 16.8. The van der Waals surface area contributed by atoms with E-state index in [1.54, 1.807) is 0 Å². The standard InChI is InChI=1S/C21H36N2O2/c1-20(2,3)15-13-16(19(25)17(14-15)21(4,5)6)18(7-12-24)23-10-8-22-9-11-23/h13-14,18,22,24-25H,7-12H2,1-6H3/t18-/m1/s1. The Bertz CT molecular complexity index is 579. The number of phenols is 1. The lowest BCUT2D eigenvalue weighted by Gasteiger charge is -2.37. The molecule has 1 heterocycles. The first-order valence-corrected chi connectivity index (χ1v) is 9.49. The van der Waals surface area contributed by atoms with Crippen molar-refractivity contribution >= 4 is 0 Å². The van der Waals surface area contributed by atoms with E-state index >= 15 is 0 Å². The van der Waals surface area contributed by atoms with E-state index in [0.29, 0.717) is 12.2 Å². The molecule has 3 N–H and O–H groups in total. The van der Waals surface area contributed by atoms with E-state index in [1.807, 2.05) is 0 Å². The van der Waals surface area contributed by atoms with Crippen molar-refractivity contribution in [3.8, 4) is 5.75 Å². The lowest BCUT2D eigenvalue weighted by atomic mass is 9.77. The number of hydrogen-bond donors (Lipinski definition) is 3. The molecule has 0 unspecified atom stereocenters. The van der Waals surface area contributed by atoms with Gasteiger partial charge in [-0.2, -0.15) is 0 Å². The zero-order chi connectivity index (χ0) is 18.8.